The van der Waals surface area contributed by atoms with Gasteiger partial charge in [0.15, 0.2) is 11.3 Å². The first kappa shape index (κ1) is 24.2. The number of hydrogen-bond acceptors (Lipinski definition) is 7. The molecule has 2 saturated heterocycles. The first-order valence-corrected chi connectivity index (χ1v) is 13.3. The van der Waals surface area contributed by atoms with Crippen LogP contribution in [0.1, 0.15) is 42.8 Å². The third-order valence-corrected chi connectivity index (χ3v) is 8.23. The lowest BCUT2D eigenvalue weighted by Gasteiger charge is -2.47. The molecular weight excluding hydrogens is 509 g/mol. The van der Waals surface area contributed by atoms with Crippen molar-refractivity contribution in [1.82, 2.24) is 34.8 Å². The fourth-order valence-corrected chi connectivity index (χ4v) is 6.17. The number of halogens is 2. The molecule has 3 aromatic heterocycles. The third kappa shape index (κ3) is 4.65. The van der Waals surface area contributed by atoms with Gasteiger partial charge in [0.05, 0.1) is 12.2 Å². The number of aromatic amines is 1. The molecule has 0 amide bonds. The van der Waals surface area contributed by atoms with Gasteiger partial charge in [-0.05, 0) is 61.9 Å². The standard InChI is InChI=1S/C26H27Cl2N9/c1-16(21-5-4-19(27)9-22(21)28)37-26-25(23(10-29)34-37)30-11-24(32-26)36-13-18(14-36)17-3-2-8-35(12-17)15-20-6-7-31-33-20/h4-7,9,11,16-18H,2-3,8,12-15H2,1H3,(H,31,33)/t16?,17-/m0/s1. The zero-order valence-corrected chi connectivity index (χ0v) is 22.0. The van der Waals surface area contributed by atoms with Crippen molar-refractivity contribution in [3.8, 4) is 6.07 Å². The van der Waals surface area contributed by atoms with E-state index in [1.807, 2.05) is 25.3 Å². The van der Waals surface area contributed by atoms with Crippen molar-refractivity contribution in [3.05, 3.63) is 63.7 Å². The average molecular weight is 536 g/mol. The number of likely N-dealkylation sites (tertiary alicyclic amines) is 1. The molecule has 1 aromatic carbocycles. The second-order valence-electron chi connectivity index (χ2n) is 10.0. The van der Waals surface area contributed by atoms with Gasteiger partial charge in [0, 0.05) is 48.1 Å². The van der Waals surface area contributed by atoms with Crippen molar-refractivity contribution >= 4 is 40.2 Å². The highest BCUT2D eigenvalue weighted by Crippen LogP contribution is 2.35. The number of anilines is 1. The molecule has 1 N–H and O–H groups in total. The zero-order valence-electron chi connectivity index (χ0n) is 20.5. The van der Waals surface area contributed by atoms with Crippen LogP contribution in [0.5, 0.6) is 0 Å². The summed E-state index contributed by atoms with van der Waals surface area (Å²) in [5.74, 6) is 2.12. The maximum Gasteiger partial charge on any atom is 0.190 e. The predicted molar refractivity (Wildman–Crippen MR) is 143 cm³/mol. The van der Waals surface area contributed by atoms with Gasteiger partial charge in [-0.2, -0.15) is 15.5 Å². The monoisotopic (exact) mass is 535 g/mol. The number of nitrogens with one attached hydrogen (secondary N) is 1. The Morgan fingerprint density at radius 3 is 2.81 bits per heavy atom. The molecule has 0 spiro atoms. The molecule has 2 fully saturated rings. The summed E-state index contributed by atoms with van der Waals surface area (Å²) < 4.78 is 1.74. The number of nitrogens with zero attached hydrogens (tertiary/aromatic N) is 8. The van der Waals surface area contributed by atoms with Gasteiger partial charge >= 0.3 is 0 Å². The van der Waals surface area contributed by atoms with Crippen LogP contribution in [0, 0.1) is 23.2 Å². The van der Waals surface area contributed by atoms with Gasteiger partial charge in [-0.25, -0.2) is 14.6 Å². The Hall–Kier alpha value is -3.19. The maximum absolute atomic E-state index is 9.65. The Morgan fingerprint density at radius 2 is 2.05 bits per heavy atom. The van der Waals surface area contributed by atoms with E-state index in [1.54, 1.807) is 23.0 Å². The number of piperidine rings is 1. The normalized spacial score (nSPS) is 19.6. The second kappa shape index (κ2) is 9.93. The second-order valence-corrected chi connectivity index (χ2v) is 10.9. The lowest BCUT2D eigenvalue weighted by atomic mass is 9.80. The van der Waals surface area contributed by atoms with Crippen LogP contribution in [0.4, 0.5) is 5.82 Å². The number of aromatic nitrogens is 6. The van der Waals surface area contributed by atoms with Crippen molar-refractivity contribution in [1.29, 1.82) is 5.26 Å². The highest BCUT2D eigenvalue weighted by atomic mass is 35.5. The number of hydrogen-bond donors (Lipinski definition) is 1. The number of H-pyrrole nitrogens is 1. The van der Waals surface area contributed by atoms with Gasteiger partial charge in [-0.15, -0.1) is 0 Å². The van der Waals surface area contributed by atoms with Gasteiger partial charge in [-0.3, -0.25) is 10.00 Å². The van der Waals surface area contributed by atoms with Gasteiger partial charge < -0.3 is 4.90 Å². The number of benzene rings is 1. The maximum atomic E-state index is 9.65. The van der Waals surface area contributed by atoms with E-state index in [1.165, 1.54) is 18.5 Å². The van der Waals surface area contributed by atoms with E-state index in [-0.39, 0.29) is 11.7 Å². The first-order chi connectivity index (χ1) is 18.0. The number of fused-ring (bicyclic) bond motifs is 1. The molecule has 2 aliphatic heterocycles. The van der Waals surface area contributed by atoms with E-state index < -0.39 is 0 Å². The van der Waals surface area contributed by atoms with Crippen LogP contribution in [0.2, 0.25) is 10.0 Å². The molecule has 2 aliphatic rings. The van der Waals surface area contributed by atoms with Crippen LogP contribution < -0.4 is 4.90 Å². The first-order valence-electron chi connectivity index (χ1n) is 12.6. The molecule has 0 aliphatic carbocycles. The lowest BCUT2D eigenvalue weighted by Crippen LogP contribution is -2.53. The summed E-state index contributed by atoms with van der Waals surface area (Å²) in [5, 5.41) is 22.5. The molecule has 4 aromatic rings. The van der Waals surface area contributed by atoms with Crippen LogP contribution in [-0.2, 0) is 6.54 Å². The molecule has 2 atom stereocenters. The van der Waals surface area contributed by atoms with Crippen molar-refractivity contribution < 1.29 is 0 Å². The lowest BCUT2D eigenvalue weighted by molar-refractivity contribution is 0.113. The zero-order chi connectivity index (χ0) is 25.5. The smallest absolute Gasteiger partial charge is 0.190 e. The van der Waals surface area contributed by atoms with Crippen molar-refractivity contribution in [2.24, 2.45) is 11.8 Å². The molecule has 0 bridgehead atoms. The Labute approximate surface area is 225 Å². The van der Waals surface area contributed by atoms with Crippen LogP contribution in [0.3, 0.4) is 0 Å². The number of nitriles is 1. The van der Waals surface area contributed by atoms with E-state index >= 15 is 0 Å². The summed E-state index contributed by atoms with van der Waals surface area (Å²) in [5.41, 5.74) is 3.36. The van der Waals surface area contributed by atoms with Crippen LogP contribution in [0.25, 0.3) is 11.2 Å². The topological polar surface area (TPSA) is 103 Å². The van der Waals surface area contributed by atoms with Crippen LogP contribution in [-0.4, -0.2) is 61.0 Å². The summed E-state index contributed by atoms with van der Waals surface area (Å²) in [7, 11) is 0. The molecule has 11 heteroatoms. The molecule has 1 unspecified atom stereocenters. The summed E-state index contributed by atoms with van der Waals surface area (Å²) >= 11 is 12.6. The molecule has 5 heterocycles. The van der Waals surface area contributed by atoms with E-state index in [0.29, 0.717) is 33.0 Å². The summed E-state index contributed by atoms with van der Waals surface area (Å²) in [6.45, 7) is 7.07. The average Bonchev–Trinajstić information content (AvgIpc) is 3.50. The van der Waals surface area contributed by atoms with Crippen LogP contribution in [0.15, 0.2) is 36.7 Å². The predicted octanol–water partition coefficient (Wildman–Crippen LogP) is 4.69. The SMILES string of the molecule is CC(c1ccc(Cl)cc1Cl)n1nc(C#N)c2ncc(N3CC([C@H]4CCCN(Cc5ccn[nH]5)C4)C3)nc21. The van der Waals surface area contributed by atoms with Gasteiger partial charge in [-0.1, -0.05) is 29.3 Å². The molecule has 0 saturated carbocycles. The Bertz CT molecular complexity index is 1450. The molecule has 9 nitrogen and oxygen atoms in total. The van der Waals surface area contributed by atoms with Crippen molar-refractivity contribution in [3.63, 3.8) is 0 Å². The Kier molecular flexibility index (Phi) is 6.49. The summed E-state index contributed by atoms with van der Waals surface area (Å²) in [6, 6.07) is 9.35. The fraction of sp³-hybridized carbons (Fsp3) is 0.423. The summed E-state index contributed by atoms with van der Waals surface area (Å²) in [4.78, 5) is 14.3. The molecule has 190 valence electrons. The van der Waals surface area contributed by atoms with E-state index in [0.717, 1.165) is 44.1 Å². The minimum absolute atomic E-state index is 0.244. The Morgan fingerprint density at radius 1 is 1.19 bits per heavy atom. The largest absolute Gasteiger partial charge is 0.355 e. The summed E-state index contributed by atoms with van der Waals surface area (Å²) in [6.07, 6.45) is 6.06. The Balaban J connectivity index is 1.19. The fourth-order valence-electron chi connectivity index (χ4n) is 5.60. The van der Waals surface area contributed by atoms with Gasteiger partial charge in [0.25, 0.3) is 0 Å². The van der Waals surface area contributed by atoms with E-state index in [4.69, 9.17) is 28.2 Å². The minimum atomic E-state index is -0.244. The highest BCUT2D eigenvalue weighted by molar-refractivity contribution is 6.35. The van der Waals surface area contributed by atoms with Gasteiger partial charge in [0.1, 0.15) is 17.4 Å². The minimum Gasteiger partial charge on any atom is -0.355 e. The van der Waals surface area contributed by atoms with Crippen molar-refractivity contribution in [2.75, 3.05) is 31.1 Å². The molecule has 0 radical (unpaired) electrons. The number of rotatable bonds is 6. The quantitative estimate of drug-likeness (QED) is 0.382. The molecule has 37 heavy (non-hydrogen) atoms. The van der Waals surface area contributed by atoms with Crippen LogP contribution >= 0.6 is 23.2 Å². The third-order valence-electron chi connectivity index (χ3n) is 7.67. The molecular formula is C26H27Cl2N9. The van der Waals surface area contributed by atoms with E-state index in [2.05, 4.69) is 36.1 Å². The highest BCUT2D eigenvalue weighted by Gasteiger charge is 2.37. The van der Waals surface area contributed by atoms with Gasteiger partial charge in [0.2, 0.25) is 0 Å². The van der Waals surface area contributed by atoms with E-state index in [9.17, 15) is 5.26 Å². The van der Waals surface area contributed by atoms with Crippen molar-refractivity contribution in [2.45, 2.75) is 32.4 Å². The molecule has 6 rings (SSSR count).